The highest BCUT2D eigenvalue weighted by atomic mass is 16.5. The highest BCUT2D eigenvalue weighted by Gasteiger charge is 2.30. The van der Waals surface area contributed by atoms with E-state index < -0.39 is 17.9 Å². The van der Waals surface area contributed by atoms with Gasteiger partial charge < -0.3 is 14.2 Å². The lowest BCUT2D eigenvalue weighted by atomic mass is 10.0. The third kappa shape index (κ3) is 4.44. The lowest BCUT2D eigenvalue weighted by molar-refractivity contribution is -0.160. The molecule has 0 aliphatic rings. The largest absolute Gasteiger partial charge is 0.468 e. The Morgan fingerprint density at radius 2 is 1.75 bits per heavy atom. The second-order valence-corrected chi connectivity index (χ2v) is 3.06. The topological polar surface area (TPSA) is 61.8 Å². The van der Waals surface area contributed by atoms with Crippen molar-refractivity contribution < 1.29 is 23.8 Å². The van der Waals surface area contributed by atoms with E-state index in [1.54, 1.807) is 6.08 Å². The van der Waals surface area contributed by atoms with E-state index >= 15 is 0 Å². The molecule has 0 heterocycles. The molecule has 0 spiro atoms. The van der Waals surface area contributed by atoms with E-state index in [2.05, 4.69) is 16.1 Å². The van der Waals surface area contributed by atoms with Crippen LogP contribution in [0.25, 0.3) is 0 Å². The number of hydrogen-bond donors (Lipinski definition) is 0. The molecule has 0 radical (unpaired) electrons. The van der Waals surface area contributed by atoms with Crippen LogP contribution in [0.5, 0.6) is 0 Å². The Kier molecular flexibility index (Phi) is 7.20. The predicted octanol–water partition coefficient (Wildman–Crippen LogP) is 0.930. The minimum Gasteiger partial charge on any atom is -0.468 e. The summed E-state index contributed by atoms with van der Waals surface area (Å²) in [6.45, 7) is 5.87. The standard InChI is InChI=1S/C11H18O5/c1-5-8(16-6-2)7-9(10(12)14-3)11(13)15-4/h5,8-9H,1,6-7H2,2-4H3. The van der Waals surface area contributed by atoms with Gasteiger partial charge in [0.05, 0.1) is 20.3 Å². The third-order valence-corrected chi connectivity index (χ3v) is 2.08. The number of carbonyl (C=O) groups excluding carboxylic acids is 2. The Hall–Kier alpha value is -1.36. The molecule has 0 rings (SSSR count). The van der Waals surface area contributed by atoms with Gasteiger partial charge in [-0.1, -0.05) is 6.08 Å². The highest BCUT2D eigenvalue weighted by molar-refractivity contribution is 5.94. The first kappa shape index (κ1) is 14.6. The van der Waals surface area contributed by atoms with Crippen molar-refractivity contribution in [3.05, 3.63) is 12.7 Å². The molecule has 16 heavy (non-hydrogen) atoms. The summed E-state index contributed by atoms with van der Waals surface area (Å²) in [7, 11) is 2.45. The summed E-state index contributed by atoms with van der Waals surface area (Å²) in [5.74, 6) is -2.22. The maximum atomic E-state index is 11.4. The summed E-state index contributed by atoms with van der Waals surface area (Å²) in [5.41, 5.74) is 0. The van der Waals surface area contributed by atoms with Crippen LogP contribution in [0.3, 0.4) is 0 Å². The average Bonchev–Trinajstić information content (AvgIpc) is 2.32. The van der Waals surface area contributed by atoms with E-state index in [4.69, 9.17) is 4.74 Å². The molecule has 0 aromatic rings. The Labute approximate surface area is 95.4 Å². The van der Waals surface area contributed by atoms with E-state index in [1.807, 2.05) is 6.92 Å². The summed E-state index contributed by atoms with van der Waals surface area (Å²) < 4.78 is 14.3. The second kappa shape index (κ2) is 7.87. The quantitative estimate of drug-likeness (QED) is 0.370. The Morgan fingerprint density at radius 3 is 2.06 bits per heavy atom. The van der Waals surface area contributed by atoms with Gasteiger partial charge in [0.15, 0.2) is 5.92 Å². The number of rotatable bonds is 7. The molecular weight excluding hydrogens is 212 g/mol. The maximum Gasteiger partial charge on any atom is 0.320 e. The van der Waals surface area contributed by atoms with E-state index in [1.165, 1.54) is 14.2 Å². The van der Waals surface area contributed by atoms with Crippen molar-refractivity contribution in [3.8, 4) is 0 Å². The Morgan fingerprint density at radius 1 is 1.25 bits per heavy atom. The molecule has 0 saturated heterocycles. The van der Waals surface area contributed by atoms with Crippen LogP contribution >= 0.6 is 0 Å². The van der Waals surface area contributed by atoms with Crippen molar-refractivity contribution in [1.29, 1.82) is 0 Å². The molecule has 0 aliphatic carbocycles. The molecule has 92 valence electrons. The number of carbonyl (C=O) groups is 2. The summed E-state index contributed by atoms with van der Waals surface area (Å²) in [6.07, 6.45) is 1.35. The van der Waals surface area contributed by atoms with Gasteiger partial charge in [-0.25, -0.2) is 0 Å². The average molecular weight is 230 g/mol. The van der Waals surface area contributed by atoms with Crippen molar-refractivity contribution in [2.24, 2.45) is 5.92 Å². The van der Waals surface area contributed by atoms with E-state index in [9.17, 15) is 9.59 Å². The number of hydrogen-bond acceptors (Lipinski definition) is 5. The molecular formula is C11H18O5. The van der Waals surface area contributed by atoms with Crippen molar-refractivity contribution >= 4 is 11.9 Å². The number of esters is 2. The lowest BCUT2D eigenvalue weighted by Gasteiger charge is -2.17. The van der Waals surface area contributed by atoms with Gasteiger partial charge in [-0.05, 0) is 6.92 Å². The van der Waals surface area contributed by atoms with Crippen LogP contribution in [-0.4, -0.2) is 38.9 Å². The molecule has 0 aromatic carbocycles. The van der Waals surface area contributed by atoms with Crippen LogP contribution in [0.15, 0.2) is 12.7 Å². The number of ether oxygens (including phenoxy) is 3. The van der Waals surface area contributed by atoms with Gasteiger partial charge in [0.25, 0.3) is 0 Å². The van der Waals surface area contributed by atoms with E-state index in [0.717, 1.165) is 0 Å². The normalized spacial score (nSPS) is 12.0. The summed E-state index contributed by atoms with van der Waals surface area (Å²) >= 11 is 0. The molecule has 0 aromatic heterocycles. The van der Waals surface area contributed by atoms with Crippen LogP contribution in [0.1, 0.15) is 13.3 Å². The SMILES string of the molecule is C=CC(CC(C(=O)OC)C(=O)OC)OCC. The van der Waals surface area contributed by atoms with Crippen molar-refractivity contribution in [2.75, 3.05) is 20.8 Å². The van der Waals surface area contributed by atoms with Gasteiger partial charge in [-0.15, -0.1) is 6.58 Å². The van der Waals surface area contributed by atoms with Crippen molar-refractivity contribution in [3.63, 3.8) is 0 Å². The number of methoxy groups -OCH3 is 2. The van der Waals surface area contributed by atoms with Crippen molar-refractivity contribution in [2.45, 2.75) is 19.4 Å². The first-order valence-corrected chi connectivity index (χ1v) is 5.00. The van der Waals surface area contributed by atoms with Gasteiger partial charge in [0, 0.05) is 13.0 Å². The van der Waals surface area contributed by atoms with Gasteiger partial charge in [-0.2, -0.15) is 0 Å². The summed E-state index contributed by atoms with van der Waals surface area (Å²) in [5, 5.41) is 0. The van der Waals surface area contributed by atoms with Crippen LogP contribution in [0, 0.1) is 5.92 Å². The second-order valence-electron chi connectivity index (χ2n) is 3.06. The molecule has 1 unspecified atom stereocenters. The molecule has 0 N–H and O–H groups in total. The molecule has 0 aliphatic heterocycles. The Bertz CT molecular complexity index is 233. The van der Waals surface area contributed by atoms with Crippen LogP contribution in [0.4, 0.5) is 0 Å². The Balaban J connectivity index is 4.57. The fourth-order valence-corrected chi connectivity index (χ4v) is 1.25. The zero-order valence-electron chi connectivity index (χ0n) is 9.89. The smallest absolute Gasteiger partial charge is 0.320 e. The third-order valence-electron chi connectivity index (χ3n) is 2.08. The minimum absolute atomic E-state index is 0.177. The van der Waals surface area contributed by atoms with Gasteiger partial charge in [0.2, 0.25) is 0 Å². The fraction of sp³-hybridized carbons (Fsp3) is 0.636. The summed E-state index contributed by atoms with van der Waals surface area (Å²) in [4.78, 5) is 22.7. The van der Waals surface area contributed by atoms with Crippen LogP contribution in [-0.2, 0) is 23.8 Å². The van der Waals surface area contributed by atoms with Crippen LogP contribution in [0.2, 0.25) is 0 Å². The monoisotopic (exact) mass is 230 g/mol. The van der Waals surface area contributed by atoms with E-state index in [0.29, 0.717) is 6.61 Å². The minimum atomic E-state index is -0.968. The zero-order valence-corrected chi connectivity index (χ0v) is 9.89. The molecule has 0 amide bonds. The molecule has 5 nitrogen and oxygen atoms in total. The first-order valence-electron chi connectivity index (χ1n) is 5.00. The maximum absolute atomic E-state index is 11.4. The van der Waals surface area contributed by atoms with Gasteiger partial charge in [0.1, 0.15) is 0 Å². The highest BCUT2D eigenvalue weighted by Crippen LogP contribution is 2.14. The van der Waals surface area contributed by atoms with Crippen molar-refractivity contribution in [1.82, 2.24) is 0 Å². The molecule has 5 heteroatoms. The predicted molar refractivity (Wildman–Crippen MR) is 57.8 cm³/mol. The molecule has 0 saturated carbocycles. The molecule has 0 bridgehead atoms. The first-order chi connectivity index (χ1) is 7.60. The lowest BCUT2D eigenvalue weighted by Crippen LogP contribution is -2.30. The van der Waals surface area contributed by atoms with E-state index in [-0.39, 0.29) is 12.5 Å². The van der Waals surface area contributed by atoms with Gasteiger partial charge in [-0.3, -0.25) is 9.59 Å². The summed E-state index contributed by atoms with van der Waals surface area (Å²) in [6, 6.07) is 0. The van der Waals surface area contributed by atoms with Gasteiger partial charge >= 0.3 is 11.9 Å². The fourth-order valence-electron chi connectivity index (χ4n) is 1.25. The molecule has 0 fully saturated rings. The zero-order chi connectivity index (χ0) is 12.6. The van der Waals surface area contributed by atoms with Crippen LogP contribution < -0.4 is 0 Å². The molecule has 1 atom stereocenters.